The third kappa shape index (κ3) is 1.93. The van der Waals surface area contributed by atoms with Gasteiger partial charge in [-0.1, -0.05) is 0 Å². The quantitative estimate of drug-likeness (QED) is 0.782. The fourth-order valence-electron chi connectivity index (χ4n) is 2.24. The number of hydrogen-bond donors (Lipinski definition) is 1. The number of aromatic nitrogens is 3. The molecule has 0 bridgehead atoms. The first-order chi connectivity index (χ1) is 9.56. The molecule has 0 spiro atoms. The first kappa shape index (κ1) is 12.3. The normalized spacial score (nSPS) is 13.3. The van der Waals surface area contributed by atoms with Crippen molar-refractivity contribution in [2.24, 2.45) is 7.05 Å². The average molecular weight is 271 g/mol. The summed E-state index contributed by atoms with van der Waals surface area (Å²) in [6.45, 7) is 0.741. The Labute approximate surface area is 114 Å². The Morgan fingerprint density at radius 1 is 1.40 bits per heavy atom. The molecule has 2 aromatic heterocycles. The van der Waals surface area contributed by atoms with E-state index in [-0.39, 0.29) is 23.0 Å². The molecule has 3 rings (SSSR count). The first-order valence-corrected chi connectivity index (χ1v) is 6.11. The maximum absolute atomic E-state index is 12.4. The molecule has 1 amide bonds. The minimum absolute atomic E-state index is 0.156. The highest BCUT2D eigenvalue weighted by Crippen LogP contribution is 2.21. The molecule has 102 valence electrons. The third-order valence-electron chi connectivity index (χ3n) is 3.32. The van der Waals surface area contributed by atoms with Crippen LogP contribution in [0.25, 0.3) is 0 Å². The van der Waals surface area contributed by atoms with Gasteiger partial charge in [-0.25, -0.2) is 9.97 Å². The van der Waals surface area contributed by atoms with Crippen LogP contribution in [0.15, 0.2) is 29.3 Å². The van der Waals surface area contributed by atoms with E-state index in [9.17, 15) is 9.59 Å². The number of rotatable bonds is 1. The fourth-order valence-corrected chi connectivity index (χ4v) is 2.24. The summed E-state index contributed by atoms with van der Waals surface area (Å²) < 4.78 is 1.38. The molecule has 2 aromatic rings. The van der Waals surface area contributed by atoms with Gasteiger partial charge < -0.3 is 15.2 Å². The highest BCUT2D eigenvalue weighted by Gasteiger charge is 2.27. The summed E-state index contributed by atoms with van der Waals surface area (Å²) in [5.41, 5.74) is 6.97. The Bertz CT molecular complexity index is 753. The zero-order chi connectivity index (χ0) is 14.3. The molecule has 7 heteroatoms. The third-order valence-corrected chi connectivity index (χ3v) is 3.32. The van der Waals surface area contributed by atoms with Crippen LogP contribution < -0.4 is 11.3 Å². The van der Waals surface area contributed by atoms with Crippen molar-refractivity contribution >= 4 is 11.9 Å². The molecule has 1 aliphatic heterocycles. The SMILES string of the molecule is Cn1cccc(C(=O)N2Cc3cnc(N)nc3C2)c1=O. The van der Waals surface area contributed by atoms with Crippen LogP contribution in [0.3, 0.4) is 0 Å². The number of fused-ring (bicyclic) bond motifs is 1. The van der Waals surface area contributed by atoms with Gasteiger partial charge in [0.1, 0.15) is 5.56 Å². The van der Waals surface area contributed by atoms with Crippen molar-refractivity contribution < 1.29 is 4.79 Å². The van der Waals surface area contributed by atoms with Crippen LogP contribution in [0.2, 0.25) is 0 Å². The predicted octanol–water partition coefficient (Wildman–Crippen LogP) is -0.0865. The Morgan fingerprint density at radius 2 is 2.20 bits per heavy atom. The Kier molecular flexibility index (Phi) is 2.74. The van der Waals surface area contributed by atoms with Gasteiger partial charge in [-0.05, 0) is 12.1 Å². The molecule has 0 atom stereocenters. The number of carbonyl (C=O) groups is 1. The lowest BCUT2D eigenvalue weighted by Crippen LogP contribution is -2.32. The number of nitrogens with zero attached hydrogens (tertiary/aromatic N) is 4. The molecular weight excluding hydrogens is 258 g/mol. The number of pyridine rings is 1. The monoisotopic (exact) mass is 271 g/mol. The Balaban J connectivity index is 1.91. The highest BCUT2D eigenvalue weighted by molar-refractivity contribution is 5.94. The molecule has 0 aliphatic carbocycles. The van der Waals surface area contributed by atoms with E-state index in [1.165, 1.54) is 10.6 Å². The predicted molar refractivity (Wildman–Crippen MR) is 71.7 cm³/mol. The second kappa shape index (κ2) is 4.44. The molecule has 3 heterocycles. The van der Waals surface area contributed by atoms with Crippen LogP contribution in [0.1, 0.15) is 21.6 Å². The van der Waals surface area contributed by atoms with Crippen LogP contribution in [-0.4, -0.2) is 25.3 Å². The largest absolute Gasteiger partial charge is 0.368 e. The van der Waals surface area contributed by atoms with Crippen molar-refractivity contribution in [3.05, 3.63) is 51.7 Å². The zero-order valence-corrected chi connectivity index (χ0v) is 10.9. The van der Waals surface area contributed by atoms with Crippen LogP contribution >= 0.6 is 0 Å². The van der Waals surface area contributed by atoms with Gasteiger partial charge in [-0.15, -0.1) is 0 Å². The van der Waals surface area contributed by atoms with Gasteiger partial charge in [-0.2, -0.15) is 0 Å². The molecule has 0 unspecified atom stereocenters. The van der Waals surface area contributed by atoms with Crippen LogP contribution in [-0.2, 0) is 20.1 Å². The summed E-state index contributed by atoms with van der Waals surface area (Å²) in [4.78, 5) is 34.0. The number of amides is 1. The van der Waals surface area contributed by atoms with E-state index in [0.717, 1.165) is 11.3 Å². The van der Waals surface area contributed by atoms with Gasteiger partial charge >= 0.3 is 0 Å². The topological polar surface area (TPSA) is 94.1 Å². The Hall–Kier alpha value is -2.70. The van der Waals surface area contributed by atoms with Gasteiger partial charge in [0.2, 0.25) is 5.95 Å². The smallest absolute Gasteiger partial charge is 0.263 e. The van der Waals surface area contributed by atoms with E-state index in [1.807, 2.05) is 0 Å². The standard InChI is InChI=1S/C13H13N5O2/c1-17-4-2-3-9(11(17)19)12(20)18-6-8-5-15-13(14)16-10(8)7-18/h2-5H,6-7H2,1H3,(H2,14,15,16). The molecular formula is C13H13N5O2. The fraction of sp³-hybridized carbons (Fsp3) is 0.231. The van der Waals surface area contributed by atoms with Crippen molar-refractivity contribution in [2.75, 3.05) is 5.73 Å². The average Bonchev–Trinajstić information content (AvgIpc) is 2.84. The minimum Gasteiger partial charge on any atom is -0.368 e. The maximum Gasteiger partial charge on any atom is 0.263 e. The summed E-state index contributed by atoms with van der Waals surface area (Å²) in [6.07, 6.45) is 3.23. The lowest BCUT2D eigenvalue weighted by atomic mass is 10.2. The number of nitrogens with two attached hydrogens (primary N) is 1. The molecule has 2 N–H and O–H groups in total. The second-order valence-corrected chi connectivity index (χ2v) is 4.70. The van der Waals surface area contributed by atoms with Crippen LogP contribution in [0.5, 0.6) is 0 Å². The lowest BCUT2D eigenvalue weighted by Gasteiger charge is -2.14. The molecule has 0 aromatic carbocycles. The van der Waals surface area contributed by atoms with E-state index in [4.69, 9.17) is 5.73 Å². The number of hydrogen-bond acceptors (Lipinski definition) is 5. The molecule has 1 aliphatic rings. The summed E-state index contributed by atoms with van der Waals surface area (Å²) in [5.74, 6) is -0.114. The minimum atomic E-state index is -0.306. The van der Waals surface area contributed by atoms with E-state index in [2.05, 4.69) is 9.97 Å². The molecule has 0 saturated carbocycles. The molecule has 7 nitrogen and oxygen atoms in total. The van der Waals surface area contributed by atoms with Crippen LogP contribution in [0.4, 0.5) is 5.95 Å². The van der Waals surface area contributed by atoms with Gasteiger partial charge in [0.15, 0.2) is 0 Å². The summed E-state index contributed by atoms with van der Waals surface area (Å²) >= 11 is 0. The van der Waals surface area contributed by atoms with E-state index < -0.39 is 0 Å². The first-order valence-electron chi connectivity index (χ1n) is 6.11. The highest BCUT2D eigenvalue weighted by atomic mass is 16.2. The van der Waals surface area contributed by atoms with Crippen molar-refractivity contribution in [3.63, 3.8) is 0 Å². The number of nitrogen functional groups attached to an aromatic ring is 1. The molecule has 0 radical (unpaired) electrons. The van der Waals surface area contributed by atoms with Crippen molar-refractivity contribution in [2.45, 2.75) is 13.1 Å². The van der Waals surface area contributed by atoms with Crippen molar-refractivity contribution in [3.8, 4) is 0 Å². The van der Waals surface area contributed by atoms with Crippen molar-refractivity contribution in [1.82, 2.24) is 19.4 Å². The van der Waals surface area contributed by atoms with Crippen LogP contribution in [0, 0.1) is 0 Å². The van der Waals surface area contributed by atoms with Gasteiger partial charge in [0, 0.05) is 31.5 Å². The van der Waals surface area contributed by atoms with Gasteiger partial charge in [0.25, 0.3) is 11.5 Å². The van der Waals surface area contributed by atoms with Gasteiger partial charge in [-0.3, -0.25) is 9.59 Å². The van der Waals surface area contributed by atoms with E-state index >= 15 is 0 Å². The molecule has 20 heavy (non-hydrogen) atoms. The van der Waals surface area contributed by atoms with Crippen molar-refractivity contribution in [1.29, 1.82) is 0 Å². The van der Waals surface area contributed by atoms with E-state index in [0.29, 0.717) is 13.1 Å². The number of carbonyl (C=O) groups excluding carboxylic acids is 1. The summed E-state index contributed by atoms with van der Waals surface area (Å²) in [7, 11) is 1.62. The summed E-state index contributed by atoms with van der Waals surface area (Å²) in [6, 6.07) is 3.21. The second-order valence-electron chi connectivity index (χ2n) is 4.70. The number of anilines is 1. The van der Waals surface area contributed by atoms with E-state index in [1.54, 1.807) is 30.4 Å². The number of aryl methyl sites for hydroxylation is 1. The zero-order valence-electron chi connectivity index (χ0n) is 10.9. The Morgan fingerprint density at radius 3 is 3.00 bits per heavy atom. The summed E-state index contributed by atoms with van der Waals surface area (Å²) in [5, 5.41) is 0. The maximum atomic E-state index is 12.4. The van der Waals surface area contributed by atoms with Gasteiger partial charge in [0.05, 0.1) is 12.2 Å². The molecule has 0 fully saturated rings. The lowest BCUT2D eigenvalue weighted by molar-refractivity contribution is 0.0748. The molecule has 0 saturated heterocycles.